The lowest BCUT2D eigenvalue weighted by Crippen LogP contribution is -2.24. The molecule has 7 nitrogen and oxygen atoms in total. The number of aromatic nitrogens is 4. The summed E-state index contributed by atoms with van der Waals surface area (Å²) in [5.74, 6) is -0.600. The largest absolute Gasteiger partial charge is 0.364 e. The van der Waals surface area contributed by atoms with Crippen LogP contribution in [-0.4, -0.2) is 25.0 Å². The number of primary amides is 1. The smallest absolute Gasteiger partial charge is 0.335 e. The van der Waals surface area contributed by atoms with E-state index >= 15 is 0 Å². The van der Waals surface area contributed by atoms with Gasteiger partial charge >= 0.3 is 5.69 Å². The number of imidazole rings is 1. The lowest BCUT2D eigenvalue weighted by atomic mass is 10.0. The Balaban J connectivity index is 1.81. The van der Waals surface area contributed by atoms with Crippen LogP contribution >= 0.6 is 0 Å². The van der Waals surface area contributed by atoms with E-state index in [9.17, 15) is 14.0 Å². The summed E-state index contributed by atoms with van der Waals surface area (Å²) in [7, 11) is 0. The van der Waals surface area contributed by atoms with Crippen LogP contribution in [0.2, 0.25) is 0 Å². The first-order valence-corrected chi connectivity index (χ1v) is 11.6. The Labute approximate surface area is 206 Å². The fourth-order valence-electron chi connectivity index (χ4n) is 4.21. The van der Waals surface area contributed by atoms with E-state index in [0.717, 1.165) is 11.1 Å². The number of nitrogens with zero attached hydrogens (tertiary/aromatic N) is 4. The molecule has 0 atom stereocenters. The second kappa shape index (κ2) is 9.22. The monoisotopic (exact) mass is 481 g/mol. The maximum absolute atomic E-state index is 13.7. The van der Waals surface area contributed by atoms with E-state index in [2.05, 4.69) is 18.8 Å². The van der Waals surface area contributed by atoms with Gasteiger partial charge in [-0.05, 0) is 41.3 Å². The van der Waals surface area contributed by atoms with E-state index in [1.165, 1.54) is 33.4 Å². The molecule has 0 aliphatic heterocycles. The Hall–Kier alpha value is -4.59. The van der Waals surface area contributed by atoms with E-state index in [1.807, 2.05) is 54.6 Å². The minimum Gasteiger partial charge on any atom is -0.364 e. The number of carbonyl (C=O) groups excluding carboxylic acids is 1. The molecule has 8 heteroatoms. The van der Waals surface area contributed by atoms with Crippen LogP contribution in [0.15, 0.2) is 83.7 Å². The van der Waals surface area contributed by atoms with Gasteiger partial charge in [-0.3, -0.25) is 9.36 Å². The Morgan fingerprint density at radius 3 is 2.22 bits per heavy atom. The summed E-state index contributed by atoms with van der Waals surface area (Å²) in [5, 5.41) is 0. The van der Waals surface area contributed by atoms with Gasteiger partial charge in [0, 0.05) is 5.56 Å². The number of halogens is 1. The predicted octanol–water partition coefficient (Wildman–Crippen LogP) is 4.66. The SMILES string of the molecule is CC(C)c1ccc(-c2nc(C(N)=O)c3c(n2)n(-c2ccc(F)cc2)c(=O)n3Cc2ccccc2)cc1. The topological polar surface area (TPSA) is 95.8 Å². The van der Waals surface area contributed by atoms with Gasteiger partial charge in [0.05, 0.1) is 12.2 Å². The number of fused-ring (bicyclic) bond motifs is 1. The van der Waals surface area contributed by atoms with Gasteiger partial charge in [-0.1, -0.05) is 68.4 Å². The summed E-state index contributed by atoms with van der Waals surface area (Å²) in [4.78, 5) is 35.5. The van der Waals surface area contributed by atoms with Crippen LogP contribution in [0.25, 0.3) is 28.2 Å². The summed E-state index contributed by atoms with van der Waals surface area (Å²) in [6, 6.07) is 22.6. The number of hydrogen-bond donors (Lipinski definition) is 1. The number of nitrogens with two attached hydrogens (primary N) is 1. The Morgan fingerprint density at radius 2 is 1.61 bits per heavy atom. The standard InChI is InChI=1S/C28H24FN5O2/c1-17(2)19-8-10-20(11-9-19)26-31-23(25(30)35)24-27(32-26)34(22-14-12-21(29)13-15-22)28(36)33(24)16-18-6-4-3-5-7-18/h3-15,17H,16H2,1-2H3,(H2,30,35). The van der Waals surface area contributed by atoms with E-state index in [1.54, 1.807) is 0 Å². The van der Waals surface area contributed by atoms with Gasteiger partial charge in [0.2, 0.25) is 0 Å². The van der Waals surface area contributed by atoms with Crippen molar-refractivity contribution in [3.8, 4) is 17.1 Å². The zero-order valence-electron chi connectivity index (χ0n) is 19.9. The highest BCUT2D eigenvalue weighted by atomic mass is 19.1. The van der Waals surface area contributed by atoms with E-state index in [0.29, 0.717) is 17.2 Å². The first-order chi connectivity index (χ1) is 17.3. The van der Waals surface area contributed by atoms with Gasteiger partial charge in [-0.2, -0.15) is 0 Å². The Kier molecular flexibility index (Phi) is 5.93. The fourth-order valence-corrected chi connectivity index (χ4v) is 4.21. The molecule has 0 saturated carbocycles. The summed E-state index contributed by atoms with van der Waals surface area (Å²) < 4.78 is 16.5. The zero-order valence-corrected chi connectivity index (χ0v) is 19.9. The van der Waals surface area contributed by atoms with Gasteiger partial charge in [-0.25, -0.2) is 23.7 Å². The average Bonchev–Trinajstić information content (AvgIpc) is 3.15. The van der Waals surface area contributed by atoms with Crippen molar-refractivity contribution in [2.24, 2.45) is 5.73 Å². The van der Waals surface area contributed by atoms with Crippen molar-refractivity contribution >= 4 is 17.1 Å². The molecular formula is C28H24FN5O2. The molecule has 2 N–H and O–H groups in total. The van der Waals surface area contributed by atoms with Crippen LogP contribution in [0.3, 0.4) is 0 Å². The number of rotatable bonds is 6. The minimum absolute atomic E-state index is 0.0585. The summed E-state index contributed by atoms with van der Waals surface area (Å²) in [5.41, 5.74) is 8.79. The average molecular weight is 482 g/mol. The van der Waals surface area contributed by atoms with Gasteiger partial charge in [0.25, 0.3) is 5.91 Å². The number of carbonyl (C=O) groups is 1. The lowest BCUT2D eigenvalue weighted by Gasteiger charge is -2.09. The molecule has 1 amide bonds. The van der Waals surface area contributed by atoms with Crippen molar-refractivity contribution in [2.75, 3.05) is 0 Å². The highest BCUT2D eigenvalue weighted by molar-refractivity contribution is 6.02. The molecule has 0 aliphatic rings. The van der Waals surface area contributed by atoms with Gasteiger partial charge < -0.3 is 5.73 Å². The predicted molar refractivity (Wildman–Crippen MR) is 137 cm³/mol. The molecule has 2 heterocycles. The van der Waals surface area contributed by atoms with Gasteiger partial charge in [0.1, 0.15) is 11.3 Å². The van der Waals surface area contributed by atoms with Crippen molar-refractivity contribution in [3.05, 3.63) is 112 Å². The van der Waals surface area contributed by atoms with Crippen LogP contribution in [0.5, 0.6) is 0 Å². The molecule has 2 aromatic heterocycles. The number of amides is 1. The number of benzene rings is 3. The molecular weight excluding hydrogens is 457 g/mol. The van der Waals surface area contributed by atoms with Crippen molar-refractivity contribution in [2.45, 2.75) is 26.3 Å². The third-order valence-corrected chi connectivity index (χ3v) is 6.11. The molecule has 0 aliphatic carbocycles. The third kappa shape index (κ3) is 4.17. The van der Waals surface area contributed by atoms with Crippen LogP contribution in [-0.2, 0) is 6.54 Å². The molecule has 0 spiro atoms. The molecule has 180 valence electrons. The molecule has 3 aromatic carbocycles. The molecule has 36 heavy (non-hydrogen) atoms. The maximum atomic E-state index is 13.7. The first-order valence-electron chi connectivity index (χ1n) is 11.6. The van der Waals surface area contributed by atoms with Crippen LogP contribution < -0.4 is 11.4 Å². The molecule has 0 fully saturated rings. The van der Waals surface area contributed by atoms with Crippen LogP contribution in [0, 0.1) is 5.82 Å². The summed E-state index contributed by atoms with van der Waals surface area (Å²) >= 11 is 0. The van der Waals surface area contributed by atoms with Crippen molar-refractivity contribution in [1.29, 1.82) is 0 Å². The van der Waals surface area contributed by atoms with Crippen LogP contribution in [0.1, 0.15) is 41.4 Å². The summed E-state index contributed by atoms with van der Waals surface area (Å²) in [6.07, 6.45) is 0. The van der Waals surface area contributed by atoms with E-state index in [-0.39, 0.29) is 29.2 Å². The van der Waals surface area contributed by atoms with E-state index in [4.69, 9.17) is 10.7 Å². The third-order valence-electron chi connectivity index (χ3n) is 6.11. The van der Waals surface area contributed by atoms with Gasteiger partial charge in [-0.15, -0.1) is 0 Å². The fraction of sp³-hybridized carbons (Fsp3) is 0.143. The molecule has 0 unspecified atom stereocenters. The van der Waals surface area contributed by atoms with Gasteiger partial charge in [0.15, 0.2) is 17.2 Å². The van der Waals surface area contributed by atoms with Crippen molar-refractivity contribution in [1.82, 2.24) is 19.1 Å². The van der Waals surface area contributed by atoms with Crippen molar-refractivity contribution < 1.29 is 9.18 Å². The molecule has 0 bridgehead atoms. The zero-order chi connectivity index (χ0) is 25.4. The first kappa shape index (κ1) is 23.2. The quantitative estimate of drug-likeness (QED) is 0.382. The van der Waals surface area contributed by atoms with Crippen molar-refractivity contribution in [3.63, 3.8) is 0 Å². The molecule has 5 rings (SSSR count). The van der Waals surface area contributed by atoms with Crippen LogP contribution in [0.4, 0.5) is 4.39 Å². The minimum atomic E-state index is -0.777. The highest BCUT2D eigenvalue weighted by Crippen LogP contribution is 2.26. The summed E-state index contributed by atoms with van der Waals surface area (Å²) in [6.45, 7) is 4.37. The normalized spacial score (nSPS) is 11.3. The van der Waals surface area contributed by atoms with E-state index < -0.39 is 17.4 Å². The Bertz CT molecular complexity index is 1620. The highest BCUT2D eigenvalue weighted by Gasteiger charge is 2.24. The molecule has 5 aromatic rings. The Morgan fingerprint density at radius 1 is 0.944 bits per heavy atom. The second-order valence-corrected chi connectivity index (χ2v) is 8.88. The maximum Gasteiger partial charge on any atom is 0.335 e. The molecule has 0 saturated heterocycles. The number of hydrogen-bond acceptors (Lipinski definition) is 4. The second-order valence-electron chi connectivity index (χ2n) is 8.88. The molecule has 0 radical (unpaired) electrons. The lowest BCUT2D eigenvalue weighted by molar-refractivity contribution is 0.0997.